The highest BCUT2D eigenvalue weighted by atomic mass is 16.5. The molecular formula is C20H26N2O2. The number of nitrogens with zero attached hydrogens (tertiary/aromatic N) is 1. The molecule has 1 amide bonds. The molecule has 0 saturated heterocycles. The number of amides is 1. The van der Waals surface area contributed by atoms with Gasteiger partial charge in [-0.05, 0) is 56.2 Å². The van der Waals surface area contributed by atoms with E-state index < -0.39 is 0 Å². The predicted octanol–water partition coefficient (Wildman–Crippen LogP) is 4.17. The number of carbonyl (C=O) groups is 1. The van der Waals surface area contributed by atoms with Crippen molar-refractivity contribution < 1.29 is 9.53 Å². The monoisotopic (exact) mass is 326 g/mol. The van der Waals surface area contributed by atoms with Gasteiger partial charge in [0.2, 0.25) is 5.91 Å². The van der Waals surface area contributed by atoms with Crippen LogP contribution in [0.25, 0.3) is 0 Å². The van der Waals surface area contributed by atoms with Crippen LogP contribution in [0.1, 0.15) is 24.5 Å². The van der Waals surface area contributed by atoms with Crippen molar-refractivity contribution in [2.75, 3.05) is 30.4 Å². The van der Waals surface area contributed by atoms with Gasteiger partial charge < -0.3 is 15.0 Å². The molecule has 0 aromatic heterocycles. The number of hydrogen-bond acceptors (Lipinski definition) is 3. The minimum atomic E-state index is -0.0117. The summed E-state index contributed by atoms with van der Waals surface area (Å²) in [4.78, 5) is 14.5. The van der Waals surface area contributed by atoms with Gasteiger partial charge in [-0.1, -0.05) is 18.2 Å². The molecule has 128 valence electrons. The van der Waals surface area contributed by atoms with Gasteiger partial charge in [-0.2, -0.15) is 0 Å². The first-order valence-electron chi connectivity index (χ1n) is 8.29. The fraction of sp³-hybridized carbons (Fsp3) is 0.350. The van der Waals surface area contributed by atoms with E-state index in [4.69, 9.17) is 4.74 Å². The molecule has 0 spiro atoms. The first-order chi connectivity index (χ1) is 11.5. The first-order valence-corrected chi connectivity index (χ1v) is 8.29. The summed E-state index contributed by atoms with van der Waals surface area (Å²) >= 11 is 0. The van der Waals surface area contributed by atoms with Crippen LogP contribution >= 0.6 is 0 Å². The first kappa shape index (κ1) is 17.9. The quantitative estimate of drug-likeness (QED) is 0.830. The molecule has 4 heteroatoms. The van der Waals surface area contributed by atoms with Gasteiger partial charge in [0, 0.05) is 25.2 Å². The van der Waals surface area contributed by atoms with E-state index in [1.54, 1.807) is 7.11 Å². The zero-order chi connectivity index (χ0) is 17.5. The van der Waals surface area contributed by atoms with Gasteiger partial charge in [-0.15, -0.1) is 0 Å². The van der Waals surface area contributed by atoms with E-state index in [0.717, 1.165) is 6.54 Å². The SMILES string of the molecule is CCN(CCC(=O)Nc1ccccc1OC)c1cc(C)cc(C)c1. The maximum Gasteiger partial charge on any atom is 0.226 e. The average molecular weight is 326 g/mol. The molecule has 2 rings (SSSR count). The highest BCUT2D eigenvalue weighted by molar-refractivity contribution is 5.92. The van der Waals surface area contributed by atoms with Crippen molar-refractivity contribution in [1.82, 2.24) is 0 Å². The topological polar surface area (TPSA) is 41.6 Å². The second-order valence-electron chi connectivity index (χ2n) is 5.92. The molecule has 24 heavy (non-hydrogen) atoms. The van der Waals surface area contributed by atoms with E-state index in [2.05, 4.69) is 49.2 Å². The summed E-state index contributed by atoms with van der Waals surface area (Å²) < 4.78 is 5.26. The van der Waals surface area contributed by atoms with Crippen molar-refractivity contribution in [3.05, 3.63) is 53.6 Å². The van der Waals surface area contributed by atoms with Crippen LogP contribution in [0.5, 0.6) is 5.75 Å². The Morgan fingerprint density at radius 1 is 1.12 bits per heavy atom. The van der Waals surface area contributed by atoms with Gasteiger partial charge in [-0.3, -0.25) is 4.79 Å². The largest absolute Gasteiger partial charge is 0.495 e. The number of para-hydroxylation sites is 2. The Morgan fingerprint density at radius 3 is 2.42 bits per heavy atom. The van der Waals surface area contributed by atoms with Crippen LogP contribution in [0.15, 0.2) is 42.5 Å². The number of anilines is 2. The lowest BCUT2D eigenvalue weighted by atomic mass is 10.1. The van der Waals surface area contributed by atoms with Crippen molar-refractivity contribution in [2.45, 2.75) is 27.2 Å². The zero-order valence-electron chi connectivity index (χ0n) is 14.9. The maximum absolute atomic E-state index is 12.3. The van der Waals surface area contributed by atoms with Gasteiger partial charge in [0.05, 0.1) is 12.8 Å². The Bertz CT molecular complexity index is 678. The summed E-state index contributed by atoms with van der Waals surface area (Å²) in [5, 5.41) is 2.92. The highest BCUT2D eigenvalue weighted by Crippen LogP contribution is 2.23. The number of ether oxygens (including phenoxy) is 1. The fourth-order valence-corrected chi connectivity index (χ4v) is 2.80. The van der Waals surface area contributed by atoms with Crippen LogP contribution in [0, 0.1) is 13.8 Å². The molecule has 0 aliphatic rings. The van der Waals surface area contributed by atoms with E-state index in [1.807, 2.05) is 24.3 Å². The van der Waals surface area contributed by atoms with Gasteiger partial charge in [0.25, 0.3) is 0 Å². The van der Waals surface area contributed by atoms with Crippen molar-refractivity contribution >= 4 is 17.3 Å². The van der Waals surface area contributed by atoms with E-state index in [0.29, 0.717) is 24.4 Å². The number of methoxy groups -OCH3 is 1. The molecule has 0 aliphatic heterocycles. The van der Waals surface area contributed by atoms with E-state index in [1.165, 1.54) is 16.8 Å². The third-order valence-electron chi connectivity index (χ3n) is 3.94. The second kappa shape index (κ2) is 8.39. The summed E-state index contributed by atoms with van der Waals surface area (Å²) in [6.07, 6.45) is 0.429. The highest BCUT2D eigenvalue weighted by Gasteiger charge is 2.10. The number of rotatable bonds is 7. The maximum atomic E-state index is 12.3. The lowest BCUT2D eigenvalue weighted by molar-refractivity contribution is -0.116. The fourth-order valence-electron chi connectivity index (χ4n) is 2.80. The standard InChI is InChI=1S/C20H26N2O2/c1-5-22(17-13-15(2)12-16(3)14-17)11-10-20(23)21-18-8-6-7-9-19(18)24-4/h6-9,12-14H,5,10-11H2,1-4H3,(H,21,23). The smallest absolute Gasteiger partial charge is 0.226 e. The number of hydrogen-bond donors (Lipinski definition) is 1. The molecule has 0 atom stereocenters. The van der Waals surface area contributed by atoms with Crippen LogP contribution in [-0.2, 0) is 4.79 Å². The summed E-state index contributed by atoms with van der Waals surface area (Å²) in [5.41, 5.74) is 4.35. The molecule has 4 nitrogen and oxygen atoms in total. The molecule has 2 aromatic carbocycles. The molecule has 0 heterocycles. The molecule has 0 fully saturated rings. The third kappa shape index (κ3) is 4.75. The zero-order valence-corrected chi connectivity index (χ0v) is 14.9. The Labute approximate surface area is 144 Å². The van der Waals surface area contributed by atoms with E-state index >= 15 is 0 Å². The van der Waals surface area contributed by atoms with Crippen LogP contribution in [-0.4, -0.2) is 26.1 Å². The molecule has 0 unspecified atom stereocenters. The average Bonchev–Trinajstić information content (AvgIpc) is 2.55. The lowest BCUT2D eigenvalue weighted by Gasteiger charge is -2.24. The van der Waals surface area contributed by atoms with Crippen LogP contribution < -0.4 is 15.0 Å². The van der Waals surface area contributed by atoms with Gasteiger partial charge in [-0.25, -0.2) is 0 Å². The lowest BCUT2D eigenvalue weighted by Crippen LogP contribution is -2.27. The molecular weight excluding hydrogens is 300 g/mol. The van der Waals surface area contributed by atoms with Crippen LogP contribution in [0.2, 0.25) is 0 Å². The minimum absolute atomic E-state index is 0.0117. The number of carbonyl (C=O) groups excluding carboxylic acids is 1. The molecule has 0 saturated carbocycles. The molecule has 2 aromatic rings. The Kier molecular flexibility index (Phi) is 6.24. The minimum Gasteiger partial charge on any atom is -0.495 e. The van der Waals surface area contributed by atoms with Crippen LogP contribution in [0.3, 0.4) is 0 Å². The third-order valence-corrected chi connectivity index (χ3v) is 3.94. The van der Waals surface area contributed by atoms with E-state index in [-0.39, 0.29) is 5.91 Å². The van der Waals surface area contributed by atoms with Crippen molar-refractivity contribution in [3.8, 4) is 5.75 Å². The summed E-state index contributed by atoms with van der Waals surface area (Å²) in [7, 11) is 1.60. The van der Waals surface area contributed by atoms with Gasteiger partial charge >= 0.3 is 0 Å². The summed E-state index contributed by atoms with van der Waals surface area (Å²) in [6.45, 7) is 7.85. The second-order valence-corrected chi connectivity index (χ2v) is 5.92. The molecule has 0 bridgehead atoms. The Hall–Kier alpha value is -2.49. The molecule has 0 radical (unpaired) electrons. The Balaban J connectivity index is 1.98. The number of aryl methyl sites for hydroxylation is 2. The van der Waals surface area contributed by atoms with Gasteiger partial charge in [0.15, 0.2) is 0 Å². The Morgan fingerprint density at radius 2 is 1.79 bits per heavy atom. The van der Waals surface area contributed by atoms with Crippen LogP contribution in [0.4, 0.5) is 11.4 Å². The van der Waals surface area contributed by atoms with Gasteiger partial charge in [0.1, 0.15) is 5.75 Å². The van der Waals surface area contributed by atoms with Crippen molar-refractivity contribution in [1.29, 1.82) is 0 Å². The predicted molar refractivity (Wildman–Crippen MR) is 100 cm³/mol. The van der Waals surface area contributed by atoms with Crippen molar-refractivity contribution in [3.63, 3.8) is 0 Å². The summed E-state index contributed by atoms with van der Waals surface area (Å²) in [5.74, 6) is 0.662. The number of nitrogens with one attached hydrogen (secondary N) is 1. The summed E-state index contributed by atoms with van der Waals surface area (Å²) in [6, 6.07) is 13.9. The van der Waals surface area contributed by atoms with Crippen molar-refractivity contribution in [2.24, 2.45) is 0 Å². The molecule has 1 N–H and O–H groups in total. The normalized spacial score (nSPS) is 10.3. The van der Waals surface area contributed by atoms with E-state index in [9.17, 15) is 4.79 Å². The number of benzene rings is 2. The molecule has 0 aliphatic carbocycles.